The van der Waals surface area contributed by atoms with Crippen molar-refractivity contribution in [3.63, 3.8) is 0 Å². The van der Waals surface area contributed by atoms with Gasteiger partial charge in [-0.2, -0.15) is 0 Å². The fourth-order valence-electron chi connectivity index (χ4n) is 3.46. The molecule has 1 aromatic rings. The van der Waals surface area contributed by atoms with Crippen LogP contribution in [-0.2, 0) is 6.42 Å². The average Bonchev–Trinajstić information content (AvgIpc) is 2.38. The second-order valence-corrected chi connectivity index (χ2v) is 6.20. The van der Waals surface area contributed by atoms with Gasteiger partial charge in [0.05, 0.1) is 0 Å². The molecule has 2 rings (SSSR count). The van der Waals surface area contributed by atoms with E-state index in [4.69, 9.17) is 0 Å². The molecule has 0 N–H and O–H groups in total. The summed E-state index contributed by atoms with van der Waals surface area (Å²) in [7, 11) is 0. The Morgan fingerprint density at radius 3 is 2.28 bits per heavy atom. The second kappa shape index (κ2) is 6.97. The van der Waals surface area contributed by atoms with E-state index in [9.17, 15) is 0 Å². The van der Waals surface area contributed by atoms with Crippen molar-refractivity contribution < 1.29 is 0 Å². The van der Waals surface area contributed by atoms with Gasteiger partial charge in [0.15, 0.2) is 0 Å². The van der Waals surface area contributed by atoms with Crippen molar-refractivity contribution in [2.45, 2.75) is 65.2 Å². The molecule has 1 aromatic carbocycles. The summed E-state index contributed by atoms with van der Waals surface area (Å²) in [6.45, 7) is 4.52. The first-order valence-corrected chi connectivity index (χ1v) is 7.83. The maximum absolute atomic E-state index is 2.35. The predicted molar refractivity (Wildman–Crippen MR) is 79.9 cm³/mol. The van der Waals surface area contributed by atoms with Crippen LogP contribution in [0.3, 0.4) is 0 Å². The summed E-state index contributed by atoms with van der Waals surface area (Å²) < 4.78 is 0. The summed E-state index contributed by atoms with van der Waals surface area (Å²) in [5.41, 5.74) is 2.94. The molecule has 0 saturated heterocycles. The van der Waals surface area contributed by atoms with Crippen LogP contribution >= 0.6 is 0 Å². The Balaban J connectivity index is 1.72. The van der Waals surface area contributed by atoms with Crippen LogP contribution in [-0.4, -0.2) is 0 Å². The van der Waals surface area contributed by atoms with Crippen LogP contribution in [0.4, 0.5) is 0 Å². The van der Waals surface area contributed by atoms with Crippen molar-refractivity contribution in [1.82, 2.24) is 0 Å². The summed E-state index contributed by atoms with van der Waals surface area (Å²) in [4.78, 5) is 0. The maximum atomic E-state index is 2.35. The predicted octanol–water partition coefficient (Wildman–Crippen LogP) is 5.53. The third kappa shape index (κ3) is 4.15. The summed E-state index contributed by atoms with van der Waals surface area (Å²) >= 11 is 0. The van der Waals surface area contributed by atoms with Crippen molar-refractivity contribution in [2.24, 2.45) is 11.8 Å². The van der Waals surface area contributed by atoms with Crippen LogP contribution in [0.5, 0.6) is 0 Å². The van der Waals surface area contributed by atoms with Gasteiger partial charge in [-0.3, -0.25) is 0 Å². The van der Waals surface area contributed by atoms with Gasteiger partial charge in [-0.25, -0.2) is 0 Å². The number of aryl methyl sites for hydroxylation is 2. The number of benzene rings is 1. The quantitative estimate of drug-likeness (QED) is 0.638. The van der Waals surface area contributed by atoms with Crippen LogP contribution in [0.1, 0.15) is 63.0 Å². The van der Waals surface area contributed by atoms with E-state index >= 15 is 0 Å². The standard InChI is InChI=1S/C18H28/c1-3-5-16-8-10-17(11-9-16)12-13-18-7-4-6-15(2)14-18/h4,6-7,14,16-17H,3,5,8-13H2,1-2H3. The van der Waals surface area contributed by atoms with Crippen molar-refractivity contribution in [3.8, 4) is 0 Å². The molecular weight excluding hydrogens is 216 g/mol. The van der Waals surface area contributed by atoms with E-state index < -0.39 is 0 Å². The first-order chi connectivity index (χ1) is 8.78. The highest BCUT2D eigenvalue weighted by Gasteiger charge is 2.20. The highest BCUT2D eigenvalue weighted by atomic mass is 14.3. The van der Waals surface area contributed by atoms with Crippen LogP contribution in [0.25, 0.3) is 0 Å². The highest BCUT2D eigenvalue weighted by molar-refractivity contribution is 5.22. The third-order valence-corrected chi connectivity index (χ3v) is 4.59. The Hall–Kier alpha value is -0.780. The van der Waals surface area contributed by atoms with Crippen LogP contribution in [0.2, 0.25) is 0 Å². The first kappa shape index (κ1) is 13.6. The lowest BCUT2D eigenvalue weighted by Gasteiger charge is -2.28. The molecule has 0 nitrogen and oxygen atoms in total. The largest absolute Gasteiger partial charge is 0.0654 e. The molecule has 0 radical (unpaired) electrons. The zero-order chi connectivity index (χ0) is 12.8. The molecule has 0 heterocycles. The third-order valence-electron chi connectivity index (χ3n) is 4.59. The summed E-state index contributed by atoms with van der Waals surface area (Å²) in [5, 5.41) is 0. The van der Waals surface area contributed by atoms with Crippen molar-refractivity contribution in [2.75, 3.05) is 0 Å². The number of hydrogen-bond acceptors (Lipinski definition) is 0. The minimum atomic E-state index is 0.999. The van der Waals surface area contributed by atoms with E-state index in [-0.39, 0.29) is 0 Å². The van der Waals surface area contributed by atoms with Crippen molar-refractivity contribution in [1.29, 1.82) is 0 Å². The first-order valence-electron chi connectivity index (χ1n) is 7.83. The Morgan fingerprint density at radius 2 is 1.67 bits per heavy atom. The van der Waals surface area contributed by atoms with Crippen molar-refractivity contribution in [3.05, 3.63) is 35.4 Å². The monoisotopic (exact) mass is 244 g/mol. The van der Waals surface area contributed by atoms with Crippen LogP contribution in [0.15, 0.2) is 24.3 Å². The van der Waals surface area contributed by atoms with Gasteiger partial charge in [0.1, 0.15) is 0 Å². The Morgan fingerprint density at radius 1 is 1.00 bits per heavy atom. The smallest absolute Gasteiger partial charge is 0.0276 e. The molecule has 0 amide bonds. The normalized spacial score (nSPS) is 24.1. The fourth-order valence-corrected chi connectivity index (χ4v) is 3.46. The summed E-state index contributed by atoms with van der Waals surface area (Å²) in [6, 6.07) is 9.03. The van der Waals surface area contributed by atoms with Gasteiger partial charge in [0.2, 0.25) is 0 Å². The molecule has 1 aliphatic rings. The zero-order valence-electron chi connectivity index (χ0n) is 12.1. The molecule has 0 aromatic heterocycles. The Bertz CT molecular complexity index is 345. The van der Waals surface area contributed by atoms with Gasteiger partial charge in [0.25, 0.3) is 0 Å². The molecule has 0 atom stereocenters. The molecule has 100 valence electrons. The van der Waals surface area contributed by atoms with Gasteiger partial charge in [-0.15, -0.1) is 0 Å². The summed E-state index contributed by atoms with van der Waals surface area (Å²) in [5.74, 6) is 2.05. The summed E-state index contributed by atoms with van der Waals surface area (Å²) in [6.07, 6.45) is 11.5. The van der Waals surface area contributed by atoms with E-state index in [1.54, 1.807) is 0 Å². The lowest BCUT2D eigenvalue weighted by atomic mass is 9.78. The molecule has 0 heteroatoms. The van der Waals surface area contributed by atoms with Gasteiger partial charge in [-0.1, -0.05) is 75.3 Å². The molecule has 0 aliphatic heterocycles. The number of hydrogen-bond donors (Lipinski definition) is 0. The topological polar surface area (TPSA) is 0 Å². The van der Waals surface area contributed by atoms with Gasteiger partial charge >= 0.3 is 0 Å². The van der Waals surface area contributed by atoms with Gasteiger partial charge in [0, 0.05) is 0 Å². The van der Waals surface area contributed by atoms with Crippen LogP contribution < -0.4 is 0 Å². The van der Waals surface area contributed by atoms with Gasteiger partial charge < -0.3 is 0 Å². The molecular formula is C18H28. The highest BCUT2D eigenvalue weighted by Crippen LogP contribution is 2.33. The SMILES string of the molecule is CCCC1CCC(CCc2cccc(C)c2)CC1. The van der Waals surface area contributed by atoms with Gasteiger partial charge in [-0.05, 0) is 37.2 Å². The average molecular weight is 244 g/mol. The van der Waals surface area contributed by atoms with E-state index in [1.807, 2.05) is 0 Å². The van der Waals surface area contributed by atoms with E-state index in [0.29, 0.717) is 0 Å². The lowest BCUT2D eigenvalue weighted by molar-refractivity contribution is 0.252. The number of rotatable bonds is 5. The minimum absolute atomic E-state index is 0.999. The lowest BCUT2D eigenvalue weighted by Crippen LogP contribution is -2.15. The molecule has 1 saturated carbocycles. The van der Waals surface area contributed by atoms with Crippen molar-refractivity contribution >= 4 is 0 Å². The van der Waals surface area contributed by atoms with E-state index in [2.05, 4.69) is 38.1 Å². The molecule has 0 bridgehead atoms. The Labute approximate surface area is 113 Å². The molecule has 1 fully saturated rings. The van der Waals surface area contributed by atoms with E-state index in [0.717, 1.165) is 11.8 Å². The molecule has 18 heavy (non-hydrogen) atoms. The Kier molecular flexibility index (Phi) is 5.28. The fraction of sp³-hybridized carbons (Fsp3) is 0.667. The maximum Gasteiger partial charge on any atom is -0.0276 e. The second-order valence-electron chi connectivity index (χ2n) is 6.20. The zero-order valence-corrected chi connectivity index (χ0v) is 12.1. The molecule has 0 spiro atoms. The molecule has 1 aliphatic carbocycles. The minimum Gasteiger partial charge on any atom is -0.0654 e. The van der Waals surface area contributed by atoms with Crippen LogP contribution in [0, 0.1) is 18.8 Å². The van der Waals surface area contributed by atoms with E-state index in [1.165, 1.54) is 62.5 Å². The molecule has 0 unspecified atom stereocenters.